The number of ketones is 1. The first-order valence-electron chi connectivity index (χ1n) is 8.06. The third-order valence-electron chi connectivity index (χ3n) is 3.58. The van der Waals surface area contributed by atoms with Crippen molar-refractivity contribution in [2.24, 2.45) is 5.10 Å². The van der Waals surface area contributed by atoms with Crippen LogP contribution in [0, 0.1) is 0 Å². The van der Waals surface area contributed by atoms with Crippen molar-refractivity contribution in [1.29, 1.82) is 0 Å². The van der Waals surface area contributed by atoms with E-state index < -0.39 is 0 Å². The highest BCUT2D eigenvalue weighted by Gasteiger charge is 2.07. The smallest absolute Gasteiger partial charge is 0.138 e. The highest BCUT2D eigenvalue weighted by Crippen LogP contribution is 2.11. The number of Topliss-reactive ketones (excluding diaryl/α,β-unsaturated/α-hetero) is 1. The van der Waals surface area contributed by atoms with E-state index in [1.54, 1.807) is 0 Å². The van der Waals surface area contributed by atoms with Gasteiger partial charge in [0.15, 0.2) is 0 Å². The quantitative estimate of drug-likeness (QED) is 0.533. The van der Waals surface area contributed by atoms with Gasteiger partial charge in [0.05, 0.1) is 13.1 Å². The normalized spacial score (nSPS) is 11.3. The minimum Gasteiger partial charge on any atom is -0.299 e. The van der Waals surface area contributed by atoms with E-state index in [9.17, 15) is 4.79 Å². The van der Waals surface area contributed by atoms with E-state index in [4.69, 9.17) is 0 Å². The van der Waals surface area contributed by atoms with Crippen LogP contribution in [-0.4, -0.2) is 16.5 Å². The standard InChI is InChI=1S/C20H24N2O/c1-3-20(23)14-17(2)21-22(15-18-10-6-4-7-11-18)16-19-12-8-5-9-13-19/h4-13H,3,14-16H2,1-2H3. The van der Waals surface area contributed by atoms with Crippen LogP contribution >= 0.6 is 0 Å². The summed E-state index contributed by atoms with van der Waals surface area (Å²) in [6, 6.07) is 20.6. The molecule has 0 spiro atoms. The van der Waals surface area contributed by atoms with Crippen LogP contribution in [0.15, 0.2) is 65.8 Å². The van der Waals surface area contributed by atoms with Crippen molar-refractivity contribution in [2.45, 2.75) is 39.8 Å². The third-order valence-corrected chi connectivity index (χ3v) is 3.58. The molecule has 0 aliphatic rings. The van der Waals surface area contributed by atoms with Gasteiger partial charge in [0.2, 0.25) is 0 Å². The van der Waals surface area contributed by atoms with Gasteiger partial charge in [-0.25, -0.2) is 0 Å². The van der Waals surface area contributed by atoms with Crippen LogP contribution < -0.4 is 0 Å². The Kier molecular flexibility index (Phi) is 6.55. The van der Waals surface area contributed by atoms with Gasteiger partial charge in [0.1, 0.15) is 5.78 Å². The first kappa shape index (κ1) is 16.9. The average Bonchev–Trinajstić information content (AvgIpc) is 2.56. The molecule has 2 aromatic carbocycles. The van der Waals surface area contributed by atoms with Gasteiger partial charge >= 0.3 is 0 Å². The molecule has 0 heterocycles. The lowest BCUT2D eigenvalue weighted by Crippen LogP contribution is -2.19. The summed E-state index contributed by atoms with van der Waals surface area (Å²) in [7, 11) is 0. The summed E-state index contributed by atoms with van der Waals surface area (Å²) in [5.74, 6) is 0.227. The Morgan fingerprint density at radius 1 is 0.913 bits per heavy atom. The summed E-state index contributed by atoms with van der Waals surface area (Å²) in [4.78, 5) is 11.6. The van der Waals surface area contributed by atoms with Crippen LogP contribution in [-0.2, 0) is 17.9 Å². The highest BCUT2D eigenvalue weighted by atomic mass is 16.1. The second kappa shape index (κ2) is 8.89. The molecule has 0 unspecified atom stereocenters. The molecule has 0 saturated carbocycles. The second-order valence-electron chi connectivity index (χ2n) is 5.70. The molecule has 23 heavy (non-hydrogen) atoms. The molecular formula is C20H24N2O. The fourth-order valence-electron chi connectivity index (χ4n) is 2.40. The molecule has 120 valence electrons. The zero-order chi connectivity index (χ0) is 16.5. The molecule has 0 bridgehead atoms. The Hall–Kier alpha value is -2.42. The lowest BCUT2D eigenvalue weighted by atomic mass is 10.1. The highest BCUT2D eigenvalue weighted by molar-refractivity contribution is 6.00. The van der Waals surface area contributed by atoms with E-state index in [1.807, 2.05) is 55.3 Å². The molecule has 0 aromatic heterocycles. The van der Waals surface area contributed by atoms with E-state index in [-0.39, 0.29) is 5.78 Å². The van der Waals surface area contributed by atoms with Gasteiger partial charge in [0, 0.05) is 18.6 Å². The van der Waals surface area contributed by atoms with Gasteiger partial charge in [-0.15, -0.1) is 0 Å². The Balaban J connectivity index is 2.13. The number of hydrogen-bond donors (Lipinski definition) is 0. The second-order valence-corrected chi connectivity index (χ2v) is 5.70. The maximum Gasteiger partial charge on any atom is 0.138 e. The molecule has 0 atom stereocenters. The summed E-state index contributed by atoms with van der Waals surface area (Å²) < 4.78 is 0. The Morgan fingerprint density at radius 2 is 1.39 bits per heavy atom. The average molecular weight is 308 g/mol. The van der Waals surface area contributed by atoms with E-state index >= 15 is 0 Å². The Labute approximate surface area is 138 Å². The molecule has 0 amide bonds. The van der Waals surface area contributed by atoms with Gasteiger partial charge in [-0.1, -0.05) is 67.6 Å². The molecule has 2 aromatic rings. The van der Waals surface area contributed by atoms with Crippen molar-refractivity contribution in [2.75, 3.05) is 0 Å². The zero-order valence-corrected chi connectivity index (χ0v) is 13.9. The summed E-state index contributed by atoms with van der Waals surface area (Å²) >= 11 is 0. The van der Waals surface area contributed by atoms with Crippen LogP contribution in [0.5, 0.6) is 0 Å². The van der Waals surface area contributed by atoms with Crippen molar-refractivity contribution >= 4 is 11.5 Å². The van der Waals surface area contributed by atoms with E-state index in [1.165, 1.54) is 11.1 Å². The summed E-state index contributed by atoms with van der Waals surface area (Å²) in [6.45, 7) is 5.28. The SMILES string of the molecule is CCC(=O)CC(C)=NN(Cc1ccccc1)Cc1ccccc1. The van der Waals surface area contributed by atoms with Crippen molar-refractivity contribution in [1.82, 2.24) is 5.01 Å². The van der Waals surface area contributed by atoms with Crippen molar-refractivity contribution < 1.29 is 4.79 Å². The maximum atomic E-state index is 11.6. The molecular weight excluding hydrogens is 284 g/mol. The number of nitrogens with zero attached hydrogens (tertiary/aromatic N) is 2. The molecule has 0 N–H and O–H groups in total. The molecule has 0 radical (unpaired) electrons. The number of carbonyl (C=O) groups is 1. The van der Waals surface area contributed by atoms with Crippen LogP contribution in [0.25, 0.3) is 0 Å². The first-order valence-corrected chi connectivity index (χ1v) is 8.06. The van der Waals surface area contributed by atoms with Crippen LogP contribution in [0.1, 0.15) is 37.8 Å². The molecule has 2 rings (SSSR count). The molecule has 0 aliphatic carbocycles. The lowest BCUT2D eigenvalue weighted by Gasteiger charge is -2.20. The van der Waals surface area contributed by atoms with Gasteiger partial charge in [-0.2, -0.15) is 5.10 Å². The van der Waals surface area contributed by atoms with E-state index in [0.717, 1.165) is 18.8 Å². The Morgan fingerprint density at radius 3 is 1.83 bits per heavy atom. The number of hydrazone groups is 1. The van der Waals surface area contributed by atoms with Crippen molar-refractivity contribution in [3.05, 3.63) is 71.8 Å². The van der Waals surface area contributed by atoms with Gasteiger partial charge in [-0.05, 0) is 18.1 Å². The molecule has 0 saturated heterocycles. The van der Waals surface area contributed by atoms with E-state index in [0.29, 0.717) is 12.8 Å². The molecule has 0 aliphatic heterocycles. The van der Waals surface area contributed by atoms with Crippen LogP contribution in [0.3, 0.4) is 0 Å². The van der Waals surface area contributed by atoms with E-state index in [2.05, 4.69) is 29.4 Å². The number of rotatable bonds is 8. The fourth-order valence-corrected chi connectivity index (χ4v) is 2.40. The summed E-state index contributed by atoms with van der Waals surface area (Å²) in [5, 5.41) is 6.71. The predicted molar refractivity (Wildman–Crippen MR) is 95.2 cm³/mol. The minimum absolute atomic E-state index is 0.227. The van der Waals surface area contributed by atoms with Gasteiger partial charge in [0.25, 0.3) is 0 Å². The minimum atomic E-state index is 0.227. The van der Waals surface area contributed by atoms with Gasteiger partial charge in [-0.3, -0.25) is 9.80 Å². The summed E-state index contributed by atoms with van der Waals surface area (Å²) in [5.41, 5.74) is 3.28. The summed E-state index contributed by atoms with van der Waals surface area (Å²) in [6.07, 6.45) is 0.987. The molecule has 0 fully saturated rings. The molecule has 3 heteroatoms. The topological polar surface area (TPSA) is 32.7 Å². The third kappa shape index (κ3) is 6.07. The lowest BCUT2D eigenvalue weighted by molar-refractivity contribution is -0.117. The van der Waals surface area contributed by atoms with Crippen molar-refractivity contribution in [3.8, 4) is 0 Å². The predicted octanol–water partition coefficient (Wildman–Crippen LogP) is 4.43. The monoisotopic (exact) mass is 308 g/mol. The Bertz CT molecular complexity index is 594. The molecule has 3 nitrogen and oxygen atoms in total. The van der Waals surface area contributed by atoms with Crippen LogP contribution in [0.4, 0.5) is 0 Å². The van der Waals surface area contributed by atoms with Crippen LogP contribution in [0.2, 0.25) is 0 Å². The number of hydrogen-bond acceptors (Lipinski definition) is 3. The zero-order valence-electron chi connectivity index (χ0n) is 13.9. The number of carbonyl (C=O) groups excluding carboxylic acids is 1. The first-order chi connectivity index (χ1) is 11.2. The van der Waals surface area contributed by atoms with Crippen molar-refractivity contribution in [3.63, 3.8) is 0 Å². The fraction of sp³-hybridized carbons (Fsp3) is 0.300. The largest absolute Gasteiger partial charge is 0.299 e. The number of benzene rings is 2. The maximum absolute atomic E-state index is 11.6. The van der Waals surface area contributed by atoms with Gasteiger partial charge < -0.3 is 0 Å².